The molecular weight excluding hydrogens is 416 g/mol. The van der Waals surface area contributed by atoms with E-state index in [2.05, 4.69) is 20.4 Å². The molecule has 1 saturated heterocycles. The van der Waals surface area contributed by atoms with Crippen LogP contribution in [0.2, 0.25) is 0 Å². The second kappa shape index (κ2) is 8.33. The summed E-state index contributed by atoms with van der Waals surface area (Å²) >= 11 is 0. The molecule has 32 heavy (non-hydrogen) atoms. The number of rotatable bonds is 4. The number of carbonyl (C=O) groups excluding carboxylic acids is 1. The Morgan fingerprint density at radius 1 is 1.03 bits per heavy atom. The van der Waals surface area contributed by atoms with Crippen molar-refractivity contribution in [3.63, 3.8) is 0 Å². The summed E-state index contributed by atoms with van der Waals surface area (Å²) in [5, 5.41) is 7.61. The van der Waals surface area contributed by atoms with Crippen LogP contribution >= 0.6 is 0 Å². The fourth-order valence-corrected chi connectivity index (χ4v) is 3.98. The van der Waals surface area contributed by atoms with Crippen LogP contribution in [0.5, 0.6) is 0 Å². The zero-order valence-corrected chi connectivity index (χ0v) is 17.0. The van der Waals surface area contributed by atoms with Crippen LogP contribution in [0.4, 0.5) is 20.3 Å². The fourth-order valence-electron chi connectivity index (χ4n) is 3.98. The lowest BCUT2D eigenvalue weighted by atomic mass is 9.96. The third-order valence-corrected chi connectivity index (χ3v) is 5.57. The lowest BCUT2D eigenvalue weighted by molar-refractivity contribution is -0.120. The average molecular weight is 435 g/mol. The van der Waals surface area contributed by atoms with Gasteiger partial charge in [-0.3, -0.25) is 4.79 Å². The molecule has 1 aliphatic rings. The number of hydrogen-bond donors (Lipinski definition) is 1. The first-order valence-corrected chi connectivity index (χ1v) is 10.3. The Hall–Kier alpha value is -3.88. The van der Waals surface area contributed by atoms with E-state index >= 15 is 0 Å². The number of piperidine rings is 1. The number of carbonyl (C=O) groups is 1. The van der Waals surface area contributed by atoms with E-state index in [4.69, 9.17) is 4.52 Å². The van der Waals surface area contributed by atoms with Crippen molar-refractivity contribution in [2.45, 2.75) is 12.8 Å². The summed E-state index contributed by atoms with van der Waals surface area (Å²) in [7, 11) is 0. The van der Waals surface area contributed by atoms with Crippen molar-refractivity contribution in [2.75, 3.05) is 23.3 Å². The molecule has 5 rings (SSSR count). The van der Waals surface area contributed by atoms with Crippen molar-refractivity contribution in [2.24, 2.45) is 5.92 Å². The van der Waals surface area contributed by atoms with Crippen molar-refractivity contribution < 1.29 is 18.1 Å². The Balaban J connectivity index is 1.42. The molecule has 7 nitrogen and oxygen atoms in total. The van der Waals surface area contributed by atoms with Gasteiger partial charge in [0, 0.05) is 24.3 Å². The van der Waals surface area contributed by atoms with E-state index in [1.807, 2.05) is 4.90 Å². The van der Waals surface area contributed by atoms with Crippen LogP contribution in [-0.4, -0.2) is 34.1 Å². The largest absolute Gasteiger partial charge is 0.355 e. The predicted molar refractivity (Wildman–Crippen MR) is 115 cm³/mol. The predicted octanol–water partition coefficient (Wildman–Crippen LogP) is 4.42. The number of hydrogen-bond acceptors (Lipinski definition) is 6. The lowest BCUT2D eigenvalue weighted by Crippen LogP contribution is -2.41. The first kappa shape index (κ1) is 20.0. The van der Waals surface area contributed by atoms with Crippen LogP contribution in [0.1, 0.15) is 12.8 Å². The third kappa shape index (κ3) is 3.89. The molecule has 4 aromatic rings. The summed E-state index contributed by atoms with van der Waals surface area (Å²) in [6, 6.07) is 11.7. The first-order chi connectivity index (χ1) is 15.6. The Kier molecular flexibility index (Phi) is 5.22. The van der Waals surface area contributed by atoms with Crippen LogP contribution in [0.15, 0.2) is 59.4 Å². The quantitative estimate of drug-likeness (QED) is 0.511. The van der Waals surface area contributed by atoms with Gasteiger partial charge >= 0.3 is 0 Å². The normalized spacial score (nSPS) is 16.3. The minimum atomic E-state index is -0.356. The summed E-state index contributed by atoms with van der Waals surface area (Å²) in [4.78, 5) is 23.5. The summed E-state index contributed by atoms with van der Waals surface area (Å²) < 4.78 is 31.9. The van der Waals surface area contributed by atoms with Crippen molar-refractivity contribution in [1.82, 2.24) is 15.1 Å². The molecular formula is C23H19F2N5O2. The smallest absolute Gasteiger partial charge is 0.263 e. The Bertz CT molecular complexity index is 1260. The zero-order chi connectivity index (χ0) is 22.1. The van der Waals surface area contributed by atoms with Crippen molar-refractivity contribution >= 4 is 28.5 Å². The summed E-state index contributed by atoms with van der Waals surface area (Å²) in [6.45, 7) is 1.16. The van der Waals surface area contributed by atoms with Crippen LogP contribution in [-0.2, 0) is 4.79 Å². The molecule has 1 amide bonds. The standard InChI is InChI=1S/C23H19F2N5O2/c24-16-5-3-14(4-6-16)20-19-21(26-13-27-23(19)32-29-20)30-11-1-2-15(12-30)22(31)28-18-9-7-17(25)8-10-18/h3-10,13,15H,1-2,11-12H2,(H,28,31)/t15-/m1/s1. The molecule has 0 radical (unpaired) electrons. The maximum absolute atomic E-state index is 13.4. The highest BCUT2D eigenvalue weighted by molar-refractivity contribution is 5.98. The molecule has 9 heteroatoms. The molecule has 162 valence electrons. The molecule has 0 unspecified atom stereocenters. The fraction of sp³-hybridized carbons (Fsp3) is 0.217. The van der Waals surface area contributed by atoms with Crippen molar-refractivity contribution in [3.8, 4) is 11.3 Å². The second-order valence-corrected chi connectivity index (χ2v) is 7.70. The van der Waals surface area contributed by atoms with Crippen LogP contribution in [0.3, 0.4) is 0 Å². The van der Waals surface area contributed by atoms with Gasteiger partial charge in [0.15, 0.2) is 0 Å². The molecule has 2 aromatic heterocycles. The van der Waals surface area contributed by atoms with Crippen molar-refractivity contribution in [1.29, 1.82) is 0 Å². The van der Waals surface area contributed by atoms with Crippen LogP contribution in [0, 0.1) is 17.6 Å². The Morgan fingerprint density at radius 2 is 1.75 bits per heavy atom. The van der Waals surface area contributed by atoms with Gasteiger partial charge in [-0.2, -0.15) is 4.98 Å². The molecule has 3 heterocycles. The SMILES string of the molecule is O=C(Nc1ccc(F)cc1)[C@@H]1CCCN(c2ncnc3onc(-c4ccc(F)cc4)c23)C1. The van der Waals surface area contributed by atoms with Gasteiger partial charge in [-0.05, 0) is 61.4 Å². The van der Waals surface area contributed by atoms with Gasteiger partial charge in [-0.15, -0.1) is 0 Å². The Labute approximate surface area is 182 Å². The molecule has 1 N–H and O–H groups in total. The minimum Gasteiger partial charge on any atom is -0.355 e. The number of amides is 1. The number of fused-ring (bicyclic) bond motifs is 1. The summed E-state index contributed by atoms with van der Waals surface area (Å²) in [5.41, 5.74) is 2.08. The van der Waals surface area contributed by atoms with E-state index in [-0.39, 0.29) is 23.5 Å². The molecule has 0 bridgehead atoms. The van der Waals surface area contributed by atoms with E-state index < -0.39 is 0 Å². The van der Waals surface area contributed by atoms with Gasteiger partial charge in [-0.25, -0.2) is 13.8 Å². The number of anilines is 2. The van der Waals surface area contributed by atoms with E-state index in [0.717, 1.165) is 12.8 Å². The number of benzene rings is 2. The van der Waals surface area contributed by atoms with Gasteiger partial charge in [0.1, 0.15) is 34.9 Å². The number of nitrogens with one attached hydrogen (secondary N) is 1. The van der Waals surface area contributed by atoms with Crippen molar-refractivity contribution in [3.05, 3.63) is 66.5 Å². The molecule has 1 aliphatic heterocycles. The van der Waals surface area contributed by atoms with E-state index in [1.54, 1.807) is 12.1 Å². The monoisotopic (exact) mass is 435 g/mol. The van der Waals surface area contributed by atoms with Gasteiger partial charge in [0.2, 0.25) is 5.91 Å². The highest BCUT2D eigenvalue weighted by Gasteiger charge is 2.29. The molecule has 0 saturated carbocycles. The number of halogens is 2. The molecule has 0 aliphatic carbocycles. The third-order valence-electron chi connectivity index (χ3n) is 5.57. The molecule has 0 spiro atoms. The van der Waals surface area contributed by atoms with Gasteiger partial charge in [0.25, 0.3) is 5.71 Å². The highest BCUT2D eigenvalue weighted by atomic mass is 19.1. The van der Waals surface area contributed by atoms with E-state index in [0.29, 0.717) is 47.0 Å². The molecule has 1 fully saturated rings. The van der Waals surface area contributed by atoms with Gasteiger partial charge in [-0.1, -0.05) is 5.16 Å². The second-order valence-electron chi connectivity index (χ2n) is 7.70. The van der Waals surface area contributed by atoms with Crippen LogP contribution < -0.4 is 10.2 Å². The van der Waals surface area contributed by atoms with E-state index in [1.165, 1.54) is 42.7 Å². The molecule has 2 aromatic carbocycles. The zero-order valence-electron chi connectivity index (χ0n) is 17.0. The molecule has 1 atom stereocenters. The van der Waals surface area contributed by atoms with E-state index in [9.17, 15) is 13.6 Å². The maximum atomic E-state index is 13.4. The summed E-state index contributed by atoms with van der Waals surface area (Å²) in [6.07, 6.45) is 2.93. The maximum Gasteiger partial charge on any atom is 0.263 e. The van der Waals surface area contributed by atoms with Crippen LogP contribution in [0.25, 0.3) is 22.4 Å². The van der Waals surface area contributed by atoms with Gasteiger partial charge in [0.05, 0.1) is 5.92 Å². The average Bonchev–Trinajstić information content (AvgIpc) is 3.25. The summed E-state index contributed by atoms with van der Waals surface area (Å²) in [5.74, 6) is -0.479. The topological polar surface area (TPSA) is 84.2 Å². The van der Waals surface area contributed by atoms with Gasteiger partial charge < -0.3 is 14.7 Å². The number of nitrogens with zero attached hydrogens (tertiary/aromatic N) is 4. The Morgan fingerprint density at radius 3 is 2.50 bits per heavy atom. The minimum absolute atomic E-state index is 0.129. The number of aromatic nitrogens is 3. The highest BCUT2D eigenvalue weighted by Crippen LogP contribution is 2.35. The first-order valence-electron chi connectivity index (χ1n) is 10.3. The lowest BCUT2D eigenvalue weighted by Gasteiger charge is -2.33.